The number of carbonyl (C=O) groups is 2. The van der Waals surface area contributed by atoms with E-state index >= 15 is 0 Å². The third-order valence-corrected chi connectivity index (χ3v) is 5.28. The predicted molar refractivity (Wildman–Crippen MR) is 87.8 cm³/mol. The minimum Gasteiger partial charge on any atom is -0.447 e. The van der Waals surface area contributed by atoms with Crippen LogP contribution in [-0.2, 0) is 20.8 Å². The number of alkyl carbamates (subject to hydrolysis) is 1. The Kier molecular flexibility index (Phi) is 4.82. The first-order chi connectivity index (χ1) is 13.3. The first-order valence-corrected chi connectivity index (χ1v) is 8.96. The Hall–Kier alpha value is -2.49. The van der Waals surface area contributed by atoms with Crippen LogP contribution in [0.1, 0.15) is 18.4 Å². The SMILES string of the molecule is O=C1NC2(CO1)CN(C(=O)OC1CC(COCc3ccc(F)c(F)c3F)C1)C2. The summed E-state index contributed by atoms with van der Waals surface area (Å²) in [6, 6.07) is 2.01. The minimum absolute atomic E-state index is 0.0455. The second kappa shape index (κ2) is 7.16. The molecule has 7 nitrogen and oxygen atoms in total. The number of nitrogens with one attached hydrogen (secondary N) is 1. The normalized spacial score (nSPS) is 25.0. The molecule has 3 aliphatic rings. The monoisotopic (exact) mass is 400 g/mol. The summed E-state index contributed by atoms with van der Waals surface area (Å²) in [6.07, 6.45) is 0.112. The Bertz CT molecular complexity index is 794. The van der Waals surface area contributed by atoms with Crippen molar-refractivity contribution in [3.63, 3.8) is 0 Å². The van der Waals surface area contributed by atoms with Gasteiger partial charge in [0.2, 0.25) is 0 Å². The average molecular weight is 400 g/mol. The molecule has 10 heteroatoms. The summed E-state index contributed by atoms with van der Waals surface area (Å²) in [5.74, 6) is -3.83. The van der Waals surface area contributed by atoms with Crippen molar-refractivity contribution >= 4 is 12.2 Å². The molecule has 1 aromatic carbocycles. The van der Waals surface area contributed by atoms with Gasteiger partial charge in [-0.05, 0) is 24.8 Å². The number of ether oxygens (including phenoxy) is 3. The van der Waals surface area contributed by atoms with E-state index in [1.165, 1.54) is 4.90 Å². The number of carbonyl (C=O) groups excluding carboxylic acids is 2. The standard InChI is InChI=1S/C18H19F3N2O5/c19-13-2-1-11(14(20)15(13)21)6-26-5-10-3-12(4-10)28-17(25)23-7-18(8-23)9-27-16(24)22-18/h1-2,10,12H,3-9H2,(H,22,24). The molecule has 1 aliphatic carbocycles. The number of hydrogen-bond acceptors (Lipinski definition) is 5. The number of cyclic esters (lactones) is 1. The molecule has 2 saturated heterocycles. The third kappa shape index (κ3) is 3.60. The summed E-state index contributed by atoms with van der Waals surface area (Å²) >= 11 is 0. The van der Waals surface area contributed by atoms with Crippen LogP contribution >= 0.6 is 0 Å². The van der Waals surface area contributed by atoms with E-state index in [-0.39, 0.29) is 30.8 Å². The fraction of sp³-hybridized carbons (Fsp3) is 0.556. The lowest BCUT2D eigenvalue weighted by Crippen LogP contribution is -2.70. The van der Waals surface area contributed by atoms with E-state index in [9.17, 15) is 22.8 Å². The topological polar surface area (TPSA) is 77.1 Å². The molecule has 1 spiro atoms. The molecule has 3 fully saturated rings. The van der Waals surface area contributed by atoms with Gasteiger partial charge >= 0.3 is 12.2 Å². The molecular formula is C18H19F3N2O5. The van der Waals surface area contributed by atoms with E-state index < -0.39 is 35.2 Å². The fourth-order valence-electron chi connectivity index (χ4n) is 3.61. The van der Waals surface area contributed by atoms with Crippen LogP contribution in [0.15, 0.2) is 12.1 Å². The Labute approximate surface area is 158 Å². The van der Waals surface area contributed by atoms with Gasteiger partial charge in [-0.1, -0.05) is 6.07 Å². The van der Waals surface area contributed by atoms with Gasteiger partial charge in [-0.3, -0.25) is 0 Å². The highest BCUT2D eigenvalue weighted by Crippen LogP contribution is 2.33. The van der Waals surface area contributed by atoms with Crippen molar-refractivity contribution in [3.05, 3.63) is 35.1 Å². The Balaban J connectivity index is 1.13. The Morgan fingerprint density at radius 2 is 2.00 bits per heavy atom. The quantitative estimate of drug-likeness (QED) is 0.768. The Morgan fingerprint density at radius 1 is 1.25 bits per heavy atom. The van der Waals surface area contributed by atoms with Crippen LogP contribution in [0.3, 0.4) is 0 Å². The van der Waals surface area contributed by atoms with Crippen LogP contribution in [0, 0.1) is 23.4 Å². The lowest BCUT2D eigenvalue weighted by molar-refractivity contribution is -0.0492. The molecule has 2 aliphatic heterocycles. The fourth-order valence-corrected chi connectivity index (χ4v) is 3.61. The van der Waals surface area contributed by atoms with E-state index in [4.69, 9.17) is 14.2 Å². The zero-order valence-corrected chi connectivity index (χ0v) is 14.9. The zero-order valence-electron chi connectivity index (χ0n) is 14.9. The molecule has 1 saturated carbocycles. The van der Waals surface area contributed by atoms with E-state index in [1.807, 2.05) is 0 Å². The molecule has 0 bridgehead atoms. The molecule has 2 heterocycles. The van der Waals surface area contributed by atoms with Gasteiger partial charge in [-0.15, -0.1) is 0 Å². The average Bonchev–Trinajstić information content (AvgIpc) is 3.00. The first kappa shape index (κ1) is 18.9. The maximum Gasteiger partial charge on any atom is 0.410 e. The summed E-state index contributed by atoms with van der Waals surface area (Å²) in [5.41, 5.74) is -0.530. The van der Waals surface area contributed by atoms with Crippen LogP contribution in [-0.4, -0.2) is 55.0 Å². The summed E-state index contributed by atoms with van der Waals surface area (Å²) in [7, 11) is 0. The highest BCUT2D eigenvalue weighted by Gasteiger charge is 2.52. The van der Waals surface area contributed by atoms with E-state index in [2.05, 4.69) is 5.32 Å². The van der Waals surface area contributed by atoms with Gasteiger partial charge in [0, 0.05) is 5.56 Å². The highest BCUT2D eigenvalue weighted by atomic mass is 19.2. The van der Waals surface area contributed by atoms with Gasteiger partial charge in [0.15, 0.2) is 17.5 Å². The molecular weight excluding hydrogens is 381 g/mol. The van der Waals surface area contributed by atoms with Crippen molar-refractivity contribution in [2.24, 2.45) is 5.92 Å². The van der Waals surface area contributed by atoms with Crippen molar-refractivity contribution in [3.8, 4) is 0 Å². The van der Waals surface area contributed by atoms with Crippen LogP contribution in [0.2, 0.25) is 0 Å². The molecule has 28 heavy (non-hydrogen) atoms. The van der Waals surface area contributed by atoms with E-state index in [0.717, 1.165) is 12.1 Å². The maximum atomic E-state index is 13.5. The van der Waals surface area contributed by atoms with Gasteiger partial charge in [0.05, 0.1) is 26.3 Å². The van der Waals surface area contributed by atoms with Crippen LogP contribution in [0.4, 0.5) is 22.8 Å². The van der Waals surface area contributed by atoms with Crippen molar-refractivity contribution < 1.29 is 37.0 Å². The largest absolute Gasteiger partial charge is 0.447 e. The summed E-state index contributed by atoms with van der Waals surface area (Å²) in [5, 5.41) is 2.69. The number of rotatable bonds is 5. The van der Waals surface area contributed by atoms with Crippen molar-refractivity contribution in [1.29, 1.82) is 0 Å². The number of amides is 2. The van der Waals surface area contributed by atoms with E-state index in [1.54, 1.807) is 0 Å². The molecule has 0 atom stereocenters. The van der Waals surface area contributed by atoms with Crippen LogP contribution in [0.5, 0.6) is 0 Å². The lowest BCUT2D eigenvalue weighted by Gasteiger charge is -2.46. The maximum absolute atomic E-state index is 13.5. The number of benzene rings is 1. The molecule has 2 amide bonds. The smallest absolute Gasteiger partial charge is 0.410 e. The molecule has 0 unspecified atom stereocenters. The van der Waals surface area contributed by atoms with E-state index in [0.29, 0.717) is 32.5 Å². The molecule has 1 N–H and O–H groups in total. The molecule has 0 aromatic heterocycles. The van der Waals surface area contributed by atoms with Gasteiger partial charge in [-0.2, -0.15) is 0 Å². The molecule has 0 radical (unpaired) electrons. The second-order valence-electron chi connectivity index (χ2n) is 7.53. The predicted octanol–water partition coefficient (Wildman–Crippen LogP) is 2.33. The summed E-state index contributed by atoms with van der Waals surface area (Å²) in [4.78, 5) is 24.7. The van der Waals surface area contributed by atoms with Gasteiger partial charge in [-0.25, -0.2) is 22.8 Å². The van der Waals surface area contributed by atoms with Crippen molar-refractivity contribution in [2.45, 2.75) is 31.1 Å². The second-order valence-corrected chi connectivity index (χ2v) is 7.53. The number of halogens is 3. The summed E-state index contributed by atoms with van der Waals surface area (Å²) in [6.45, 7) is 1.11. The summed E-state index contributed by atoms with van der Waals surface area (Å²) < 4.78 is 55.2. The van der Waals surface area contributed by atoms with Crippen LogP contribution in [0.25, 0.3) is 0 Å². The number of hydrogen-bond donors (Lipinski definition) is 1. The highest BCUT2D eigenvalue weighted by molar-refractivity contribution is 5.74. The molecule has 4 rings (SSSR count). The molecule has 1 aromatic rings. The van der Waals surface area contributed by atoms with Crippen molar-refractivity contribution in [2.75, 3.05) is 26.3 Å². The minimum atomic E-state index is -1.51. The first-order valence-electron chi connectivity index (χ1n) is 8.96. The number of likely N-dealkylation sites (tertiary alicyclic amines) is 1. The Morgan fingerprint density at radius 3 is 2.68 bits per heavy atom. The molecule has 152 valence electrons. The lowest BCUT2D eigenvalue weighted by atomic mass is 9.83. The third-order valence-electron chi connectivity index (χ3n) is 5.28. The van der Waals surface area contributed by atoms with Gasteiger partial charge < -0.3 is 24.4 Å². The van der Waals surface area contributed by atoms with Gasteiger partial charge in [0.1, 0.15) is 18.2 Å². The number of nitrogens with zero attached hydrogens (tertiary/aromatic N) is 1. The van der Waals surface area contributed by atoms with Crippen molar-refractivity contribution in [1.82, 2.24) is 10.2 Å². The van der Waals surface area contributed by atoms with Gasteiger partial charge in [0.25, 0.3) is 0 Å². The zero-order chi connectivity index (χ0) is 19.9. The van der Waals surface area contributed by atoms with Crippen LogP contribution < -0.4 is 5.32 Å².